The standard InChI is InChI=1S/C26H34N4O5/c1-17(2)23(29-25(32)20-12-21(34-3)14-22(13-20)35-4)26(33)30-10-7-19(8-11-30)24(31)28-16-18-6-5-9-27-15-18/h5-6,9,12-15,17,19,23H,7-8,10-11,16H2,1-4H3,(H,28,31)(H,29,32). The number of likely N-dealkylation sites (tertiary alicyclic amines) is 1. The van der Waals surface area contributed by atoms with Crippen LogP contribution in [-0.2, 0) is 16.1 Å². The summed E-state index contributed by atoms with van der Waals surface area (Å²) in [5.41, 5.74) is 1.29. The summed E-state index contributed by atoms with van der Waals surface area (Å²) in [4.78, 5) is 44.6. The second-order valence-electron chi connectivity index (χ2n) is 8.98. The first-order chi connectivity index (χ1) is 16.8. The zero-order chi connectivity index (χ0) is 25.4. The number of pyridine rings is 1. The zero-order valence-corrected chi connectivity index (χ0v) is 20.7. The van der Waals surface area contributed by atoms with E-state index in [4.69, 9.17) is 9.47 Å². The maximum atomic E-state index is 13.3. The van der Waals surface area contributed by atoms with Gasteiger partial charge in [-0.25, -0.2) is 0 Å². The molecule has 1 atom stereocenters. The fourth-order valence-corrected chi connectivity index (χ4v) is 4.07. The van der Waals surface area contributed by atoms with Crippen LogP contribution >= 0.6 is 0 Å². The average molecular weight is 483 g/mol. The Labute approximate surface area is 206 Å². The number of benzene rings is 1. The number of rotatable bonds is 9. The average Bonchev–Trinajstić information content (AvgIpc) is 2.89. The molecule has 3 rings (SSSR count). The molecule has 35 heavy (non-hydrogen) atoms. The van der Waals surface area contributed by atoms with Gasteiger partial charge in [0.2, 0.25) is 11.8 Å². The van der Waals surface area contributed by atoms with Gasteiger partial charge in [-0.3, -0.25) is 19.4 Å². The molecule has 0 aliphatic carbocycles. The molecule has 9 nitrogen and oxygen atoms in total. The fourth-order valence-electron chi connectivity index (χ4n) is 4.07. The van der Waals surface area contributed by atoms with Gasteiger partial charge in [0.1, 0.15) is 17.5 Å². The summed E-state index contributed by atoms with van der Waals surface area (Å²) in [5.74, 6) is 0.195. The minimum atomic E-state index is -0.685. The molecule has 1 aliphatic rings. The summed E-state index contributed by atoms with van der Waals surface area (Å²) in [7, 11) is 3.03. The lowest BCUT2D eigenvalue weighted by Crippen LogP contribution is -2.53. The highest BCUT2D eigenvalue weighted by Crippen LogP contribution is 2.23. The van der Waals surface area contributed by atoms with Crippen LogP contribution in [0, 0.1) is 11.8 Å². The van der Waals surface area contributed by atoms with E-state index in [0.29, 0.717) is 49.5 Å². The number of methoxy groups -OCH3 is 2. The quantitative estimate of drug-likeness (QED) is 0.568. The predicted molar refractivity (Wildman–Crippen MR) is 131 cm³/mol. The van der Waals surface area contributed by atoms with E-state index in [1.807, 2.05) is 26.0 Å². The number of hydrogen-bond acceptors (Lipinski definition) is 6. The molecule has 1 aromatic carbocycles. The monoisotopic (exact) mass is 482 g/mol. The predicted octanol–water partition coefficient (Wildman–Crippen LogP) is 2.41. The highest BCUT2D eigenvalue weighted by Gasteiger charge is 2.33. The van der Waals surface area contributed by atoms with Crippen LogP contribution in [0.25, 0.3) is 0 Å². The van der Waals surface area contributed by atoms with Crippen molar-refractivity contribution in [3.8, 4) is 11.5 Å². The van der Waals surface area contributed by atoms with E-state index in [9.17, 15) is 14.4 Å². The molecule has 2 heterocycles. The van der Waals surface area contributed by atoms with Gasteiger partial charge in [-0.1, -0.05) is 19.9 Å². The van der Waals surface area contributed by atoms with Crippen LogP contribution < -0.4 is 20.1 Å². The van der Waals surface area contributed by atoms with E-state index in [1.54, 1.807) is 35.5 Å². The molecule has 0 radical (unpaired) electrons. The van der Waals surface area contributed by atoms with Gasteiger partial charge in [0.25, 0.3) is 5.91 Å². The number of piperidine rings is 1. The van der Waals surface area contributed by atoms with Crippen LogP contribution in [0.2, 0.25) is 0 Å². The van der Waals surface area contributed by atoms with E-state index < -0.39 is 6.04 Å². The van der Waals surface area contributed by atoms with Crippen molar-refractivity contribution in [3.63, 3.8) is 0 Å². The summed E-state index contributed by atoms with van der Waals surface area (Å²) >= 11 is 0. The number of aromatic nitrogens is 1. The fraction of sp³-hybridized carbons (Fsp3) is 0.462. The molecule has 0 saturated carbocycles. The molecular weight excluding hydrogens is 448 g/mol. The van der Waals surface area contributed by atoms with Crippen molar-refractivity contribution < 1.29 is 23.9 Å². The van der Waals surface area contributed by atoms with Crippen molar-refractivity contribution in [2.24, 2.45) is 11.8 Å². The van der Waals surface area contributed by atoms with Crippen LogP contribution in [0.1, 0.15) is 42.6 Å². The van der Waals surface area contributed by atoms with Crippen molar-refractivity contribution in [1.29, 1.82) is 0 Å². The van der Waals surface area contributed by atoms with Crippen LogP contribution in [0.15, 0.2) is 42.7 Å². The molecule has 1 aromatic heterocycles. The minimum absolute atomic E-state index is 0.0124. The number of nitrogens with one attached hydrogen (secondary N) is 2. The van der Waals surface area contributed by atoms with E-state index in [2.05, 4.69) is 15.6 Å². The second-order valence-corrected chi connectivity index (χ2v) is 8.98. The van der Waals surface area contributed by atoms with Gasteiger partial charge < -0.3 is 25.0 Å². The lowest BCUT2D eigenvalue weighted by molar-refractivity contribution is -0.138. The maximum absolute atomic E-state index is 13.3. The maximum Gasteiger partial charge on any atom is 0.252 e. The lowest BCUT2D eigenvalue weighted by atomic mass is 9.94. The summed E-state index contributed by atoms with van der Waals surface area (Å²) in [6, 6.07) is 7.95. The third kappa shape index (κ3) is 6.94. The van der Waals surface area contributed by atoms with Crippen molar-refractivity contribution in [2.45, 2.75) is 39.3 Å². The van der Waals surface area contributed by atoms with Gasteiger partial charge in [-0.05, 0) is 42.5 Å². The Hall–Kier alpha value is -3.62. The van der Waals surface area contributed by atoms with E-state index in [1.165, 1.54) is 14.2 Å². The van der Waals surface area contributed by atoms with Gasteiger partial charge in [0, 0.05) is 49.6 Å². The smallest absolute Gasteiger partial charge is 0.252 e. The van der Waals surface area contributed by atoms with Gasteiger partial charge >= 0.3 is 0 Å². The molecular formula is C26H34N4O5. The minimum Gasteiger partial charge on any atom is -0.497 e. The highest BCUT2D eigenvalue weighted by atomic mass is 16.5. The molecule has 0 bridgehead atoms. The number of nitrogens with zero attached hydrogens (tertiary/aromatic N) is 2. The lowest BCUT2D eigenvalue weighted by Gasteiger charge is -2.35. The molecule has 188 valence electrons. The second kappa shape index (κ2) is 12.2. The molecule has 3 amide bonds. The number of carbonyl (C=O) groups excluding carboxylic acids is 3. The molecule has 0 spiro atoms. The van der Waals surface area contributed by atoms with Crippen LogP contribution in [0.5, 0.6) is 11.5 Å². The van der Waals surface area contributed by atoms with E-state index in [0.717, 1.165) is 5.56 Å². The van der Waals surface area contributed by atoms with Gasteiger partial charge in [-0.2, -0.15) is 0 Å². The topological polar surface area (TPSA) is 110 Å². The third-order valence-electron chi connectivity index (χ3n) is 6.20. The Kier molecular flexibility index (Phi) is 9.05. The molecule has 1 saturated heterocycles. The summed E-state index contributed by atoms with van der Waals surface area (Å²) < 4.78 is 10.5. The molecule has 1 aliphatic heterocycles. The van der Waals surface area contributed by atoms with Gasteiger partial charge in [0.15, 0.2) is 0 Å². The third-order valence-corrected chi connectivity index (χ3v) is 6.20. The molecule has 2 aromatic rings. The zero-order valence-electron chi connectivity index (χ0n) is 20.7. The van der Waals surface area contributed by atoms with Crippen LogP contribution in [0.4, 0.5) is 0 Å². The number of hydrogen-bond donors (Lipinski definition) is 2. The first-order valence-electron chi connectivity index (χ1n) is 11.8. The van der Waals surface area contributed by atoms with Crippen molar-refractivity contribution >= 4 is 17.7 Å². The summed E-state index contributed by atoms with van der Waals surface area (Å²) in [5, 5.41) is 5.84. The van der Waals surface area contributed by atoms with E-state index >= 15 is 0 Å². The van der Waals surface area contributed by atoms with Crippen LogP contribution in [-0.4, -0.2) is 61.0 Å². The summed E-state index contributed by atoms with van der Waals surface area (Å²) in [6.07, 6.45) is 4.58. The highest BCUT2D eigenvalue weighted by molar-refractivity contribution is 5.98. The van der Waals surface area contributed by atoms with E-state index in [-0.39, 0.29) is 29.6 Å². The number of ether oxygens (including phenoxy) is 2. The number of carbonyl (C=O) groups is 3. The van der Waals surface area contributed by atoms with Gasteiger partial charge in [-0.15, -0.1) is 0 Å². The van der Waals surface area contributed by atoms with Crippen molar-refractivity contribution in [1.82, 2.24) is 20.5 Å². The Morgan fingerprint density at radius 3 is 2.29 bits per heavy atom. The Bertz CT molecular complexity index is 997. The normalized spacial score (nSPS) is 14.8. The van der Waals surface area contributed by atoms with Crippen molar-refractivity contribution in [2.75, 3.05) is 27.3 Å². The SMILES string of the molecule is COc1cc(OC)cc(C(=O)NC(C(=O)N2CCC(C(=O)NCc3cccnc3)CC2)C(C)C)c1. The molecule has 1 unspecified atom stereocenters. The van der Waals surface area contributed by atoms with Crippen LogP contribution in [0.3, 0.4) is 0 Å². The largest absolute Gasteiger partial charge is 0.497 e. The molecule has 1 fully saturated rings. The van der Waals surface area contributed by atoms with Crippen molar-refractivity contribution in [3.05, 3.63) is 53.9 Å². The number of amides is 3. The Morgan fingerprint density at radius 2 is 1.74 bits per heavy atom. The molecule has 9 heteroatoms. The molecule has 2 N–H and O–H groups in total. The van der Waals surface area contributed by atoms with Gasteiger partial charge in [0.05, 0.1) is 14.2 Å². The Balaban J connectivity index is 1.57. The Morgan fingerprint density at radius 1 is 1.09 bits per heavy atom. The first-order valence-corrected chi connectivity index (χ1v) is 11.8. The first kappa shape index (κ1) is 26.0. The summed E-state index contributed by atoms with van der Waals surface area (Å²) in [6.45, 7) is 5.16.